The smallest absolute Gasteiger partial charge is 0.240 e. The SMILES string of the molecule is CC(C)(C)c1cccc2c1NC(=O)CS2(=O)=O. The van der Waals surface area contributed by atoms with Crippen molar-refractivity contribution in [2.24, 2.45) is 0 Å². The van der Waals surface area contributed by atoms with E-state index in [4.69, 9.17) is 0 Å². The highest BCUT2D eigenvalue weighted by Crippen LogP contribution is 2.36. The fraction of sp³-hybridized carbons (Fsp3) is 0.417. The van der Waals surface area contributed by atoms with Crippen molar-refractivity contribution in [2.45, 2.75) is 31.1 Å². The minimum Gasteiger partial charge on any atom is -0.324 e. The van der Waals surface area contributed by atoms with Crippen molar-refractivity contribution in [1.82, 2.24) is 0 Å². The largest absolute Gasteiger partial charge is 0.324 e. The van der Waals surface area contributed by atoms with Gasteiger partial charge in [-0.3, -0.25) is 4.79 Å². The van der Waals surface area contributed by atoms with Crippen LogP contribution in [-0.4, -0.2) is 20.1 Å². The molecule has 0 aromatic heterocycles. The van der Waals surface area contributed by atoms with Crippen LogP contribution < -0.4 is 5.32 Å². The number of anilines is 1. The Kier molecular flexibility index (Phi) is 2.54. The molecule has 1 aromatic rings. The monoisotopic (exact) mass is 253 g/mol. The van der Waals surface area contributed by atoms with Crippen LogP contribution in [0.15, 0.2) is 23.1 Å². The molecule has 2 rings (SSSR count). The van der Waals surface area contributed by atoms with E-state index in [0.717, 1.165) is 5.56 Å². The zero-order chi connectivity index (χ0) is 12.8. The van der Waals surface area contributed by atoms with Gasteiger partial charge in [0.15, 0.2) is 9.84 Å². The predicted molar refractivity (Wildman–Crippen MR) is 65.8 cm³/mol. The molecule has 1 aliphatic rings. The lowest BCUT2D eigenvalue weighted by Crippen LogP contribution is -2.31. The Bertz CT molecular complexity index is 582. The molecule has 17 heavy (non-hydrogen) atoms. The molecule has 1 amide bonds. The Balaban J connectivity index is 2.75. The maximum Gasteiger partial charge on any atom is 0.240 e. The molecule has 92 valence electrons. The van der Waals surface area contributed by atoms with Crippen molar-refractivity contribution < 1.29 is 13.2 Å². The van der Waals surface area contributed by atoms with Crippen molar-refractivity contribution in [2.75, 3.05) is 11.1 Å². The number of para-hydroxylation sites is 1. The van der Waals surface area contributed by atoms with Crippen LogP contribution in [-0.2, 0) is 20.0 Å². The first kappa shape index (κ1) is 12.1. The Morgan fingerprint density at radius 3 is 2.47 bits per heavy atom. The van der Waals surface area contributed by atoms with Gasteiger partial charge in [0.1, 0.15) is 5.75 Å². The summed E-state index contributed by atoms with van der Waals surface area (Å²) in [7, 11) is -3.49. The van der Waals surface area contributed by atoms with Gasteiger partial charge in [-0.05, 0) is 17.0 Å². The number of rotatable bonds is 0. The average molecular weight is 253 g/mol. The molecule has 1 N–H and O–H groups in total. The summed E-state index contributed by atoms with van der Waals surface area (Å²) in [5.74, 6) is -0.928. The highest BCUT2D eigenvalue weighted by molar-refractivity contribution is 7.92. The highest BCUT2D eigenvalue weighted by Gasteiger charge is 2.32. The van der Waals surface area contributed by atoms with Crippen LogP contribution in [0.1, 0.15) is 26.3 Å². The van der Waals surface area contributed by atoms with E-state index in [9.17, 15) is 13.2 Å². The maximum atomic E-state index is 11.9. The first-order chi connectivity index (χ1) is 7.72. The van der Waals surface area contributed by atoms with Crippen LogP contribution in [0.5, 0.6) is 0 Å². The van der Waals surface area contributed by atoms with Gasteiger partial charge >= 0.3 is 0 Å². The second kappa shape index (κ2) is 3.57. The van der Waals surface area contributed by atoms with E-state index in [-0.39, 0.29) is 10.3 Å². The molecule has 0 radical (unpaired) electrons. The van der Waals surface area contributed by atoms with Crippen molar-refractivity contribution in [3.05, 3.63) is 23.8 Å². The Labute approximate surface area is 101 Å². The lowest BCUT2D eigenvalue weighted by molar-refractivity contribution is -0.114. The van der Waals surface area contributed by atoms with Gasteiger partial charge in [-0.2, -0.15) is 0 Å². The summed E-state index contributed by atoms with van der Waals surface area (Å²) in [4.78, 5) is 11.7. The zero-order valence-electron chi connectivity index (χ0n) is 10.1. The normalized spacial score (nSPS) is 18.4. The molecule has 5 heteroatoms. The Hall–Kier alpha value is -1.36. The van der Waals surface area contributed by atoms with Gasteiger partial charge in [0.05, 0.1) is 10.6 Å². The molecule has 1 heterocycles. The summed E-state index contributed by atoms with van der Waals surface area (Å²) in [5, 5.41) is 2.67. The van der Waals surface area contributed by atoms with Gasteiger partial charge in [0, 0.05) is 0 Å². The van der Waals surface area contributed by atoms with E-state index >= 15 is 0 Å². The molecule has 1 aromatic carbocycles. The second-order valence-corrected chi connectivity index (χ2v) is 7.19. The summed E-state index contributed by atoms with van der Waals surface area (Å²) in [6.07, 6.45) is 0. The standard InChI is InChI=1S/C12H15NO3S/c1-12(2,3)8-5-4-6-9-11(8)13-10(14)7-17(9,15)16/h4-6H,7H2,1-3H3,(H,13,14). The first-order valence-corrected chi connectivity index (χ1v) is 7.03. The number of nitrogens with one attached hydrogen (secondary N) is 1. The van der Waals surface area contributed by atoms with Gasteiger partial charge in [-0.1, -0.05) is 32.9 Å². The Morgan fingerprint density at radius 2 is 1.88 bits per heavy atom. The molecule has 0 spiro atoms. The third-order valence-corrected chi connectivity index (χ3v) is 4.41. The number of hydrogen-bond donors (Lipinski definition) is 1. The molecule has 0 saturated carbocycles. The van der Waals surface area contributed by atoms with Crippen molar-refractivity contribution in [3.63, 3.8) is 0 Å². The van der Waals surface area contributed by atoms with Crippen molar-refractivity contribution >= 4 is 21.4 Å². The minimum absolute atomic E-state index is 0.217. The molecule has 1 aliphatic heterocycles. The second-order valence-electron chi connectivity index (χ2n) is 5.24. The topological polar surface area (TPSA) is 63.2 Å². The third-order valence-electron chi connectivity index (χ3n) is 2.75. The number of carbonyl (C=O) groups is 1. The number of amides is 1. The van der Waals surface area contributed by atoms with Gasteiger partial charge in [0.2, 0.25) is 5.91 Å². The van der Waals surface area contributed by atoms with Crippen molar-refractivity contribution in [3.8, 4) is 0 Å². The summed E-state index contributed by atoms with van der Waals surface area (Å²) >= 11 is 0. The number of sulfone groups is 1. The highest BCUT2D eigenvalue weighted by atomic mass is 32.2. The summed E-state index contributed by atoms with van der Waals surface area (Å²) in [6.45, 7) is 5.95. The molecular weight excluding hydrogens is 238 g/mol. The number of hydrogen-bond acceptors (Lipinski definition) is 3. The van der Waals surface area contributed by atoms with Gasteiger partial charge in [-0.25, -0.2) is 8.42 Å². The number of carbonyl (C=O) groups excluding carboxylic acids is 1. The summed E-state index contributed by atoms with van der Waals surface area (Å²) in [5.41, 5.74) is 1.06. The van der Waals surface area contributed by atoms with Crippen LogP contribution in [0.25, 0.3) is 0 Å². The molecule has 0 unspecified atom stereocenters. The van der Waals surface area contributed by atoms with Gasteiger partial charge in [0.25, 0.3) is 0 Å². The lowest BCUT2D eigenvalue weighted by atomic mass is 9.85. The predicted octanol–water partition coefficient (Wildman–Crippen LogP) is 1.71. The Morgan fingerprint density at radius 1 is 1.24 bits per heavy atom. The summed E-state index contributed by atoms with van der Waals surface area (Å²) in [6, 6.07) is 5.10. The minimum atomic E-state index is -3.49. The van der Waals surface area contributed by atoms with Crippen LogP contribution in [0.4, 0.5) is 5.69 Å². The van der Waals surface area contributed by atoms with Crippen molar-refractivity contribution in [1.29, 1.82) is 0 Å². The number of benzene rings is 1. The third kappa shape index (κ3) is 2.07. The van der Waals surface area contributed by atoms with E-state index < -0.39 is 21.5 Å². The molecule has 4 nitrogen and oxygen atoms in total. The average Bonchev–Trinajstić information content (AvgIpc) is 2.13. The zero-order valence-corrected chi connectivity index (χ0v) is 10.9. The maximum absolute atomic E-state index is 11.9. The van der Waals surface area contributed by atoms with Crippen LogP contribution >= 0.6 is 0 Å². The van der Waals surface area contributed by atoms with E-state index in [1.807, 2.05) is 26.8 Å². The van der Waals surface area contributed by atoms with Crippen LogP contribution in [0, 0.1) is 0 Å². The van der Waals surface area contributed by atoms with E-state index in [1.54, 1.807) is 12.1 Å². The van der Waals surface area contributed by atoms with Crippen LogP contribution in [0.3, 0.4) is 0 Å². The fourth-order valence-electron chi connectivity index (χ4n) is 1.97. The van der Waals surface area contributed by atoms with Gasteiger partial charge < -0.3 is 5.32 Å². The first-order valence-electron chi connectivity index (χ1n) is 5.38. The van der Waals surface area contributed by atoms with E-state index in [2.05, 4.69) is 5.32 Å². The molecular formula is C12H15NO3S. The van der Waals surface area contributed by atoms with E-state index in [0.29, 0.717) is 5.69 Å². The summed E-state index contributed by atoms with van der Waals surface area (Å²) < 4.78 is 23.8. The van der Waals surface area contributed by atoms with Crippen LogP contribution in [0.2, 0.25) is 0 Å². The quantitative estimate of drug-likeness (QED) is 0.765. The molecule has 0 aliphatic carbocycles. The van der Waals surface area contributed by atoms with E-state index in [1.165, 1.54) is 0 Å². The number of fused-ring (bicyclic) bond motifs is 1. The fourth-order valence-corrected chi connectivity index (χ4v) is 3.30. The molecule has 0 fully saturated rings. The molecule has 0 atom stereocenters. The molecule has 0 bridgehead atoms. The lowest BCUT2D eigenvalue weighted by Gasteiger charge is -2.27. The molecule has 0 saturated heterocycles. The van der Waals surface area contributed by atoms with Gasteiger partial charge in [-0.15, -0.1) is 0 Å².